The van der Waals surface area contributed by atoms with E-state index in [1.807, 2.05) is 0 Å². The predicted octanol–water partition coefficient (Wildman–Crippen LogP) is 2.57. The smallest absolute Gasteiger partial charge is 0.414 e. The number of anilines is 2. The lowest BCUT2D eigenvalue weighted by Gasteiger charge is -2.20. The molecule has 3 aromatic rings. The molecule has 2 atom stereocenters. The molecule has 6 rings (SSSR count). The lowest BCUT2D eigenvalue weighted by molar-refractivity contribution is -0.118. The summed E-state index contributed by atoms with van der Waals surface area (Å²) in [7, 11) is 0. The summed E-state index contributed by atoms with van der Waals surface area (Å²) in [5, 5.41) is 6.93. The molecule has 9 nitrogen and oxygen atoms in total. The van der Waals surface area contributed by atoms with Gasteiger partial charge in [0.2, 0.25) is 0 Å². The lowest BCUT2D eigenvalue weighted by Crippen LogP contribution is -2.29. The van der Waals surface area contributed by atoms with Crippen molar-refractivity contribution in [1.82, 2.24) is 9.88 Å². The van der Waals surface area contributed by atoms with Gasteiger partial charge in [-0.05, 0) is 54.8 Å². The molecular weight excluding hydrogens is 455 g/mol. The van der Waals surface area contributed by atoms with Crippen LogP contribution in [0.1, 0.15) is 17.9 Å². The second-order valence-corrected chi connectivity index (χ2v) is 9.00. The van der Waals surface area contributed by atoms with E-state index in [2.05, 4.69) is 10.6 Å². The van der Waals surface area contributed by atoms with Crippen LogP contribution in [0.15, 0.2) is 47.3 Å². The number of carbonyl (C=O) groups excluding carboxylic acids is 2. The molecule has 2 amide bonds. The van der Waals surface area contributed by atoms with E-state index in [1.165, 1.54) is 17.0 Å². The van der Waals surface area contributed by atoms with Crippen LogP contribution in [0.3, 0.4) is 0 Å². The number of carbonyl (C=O) groups is 2. The first-order chi connectivity index (χ1) is 17.0. The number of aromatic nitrogens is 1. The number of cyclic esters (lactones) is 1. The van der Waals surface area contributed by atoms with Crippen molar-refractivity contribution in [2.24, 2.45) is 0 Å². The molecule has 3 aliphatic heterocycles. The molecule has 3 aliphatic rings. The van der Waals surface area contributed by atoms with Gasteiger partial charge in [0, 0.05) is 36.3 Å². The van der Waals surface area contributed by atoms with Crippen LogP contribution in [0, 0.1) is 5.82 Å². The largest absolute Gasteiger partial charge is 0.482 e. The Kier molecular flexibility index (Phi) is 5.18. The molecule has 35 heavy (non-hydrogen) atoms. The Hall–Kier alpha value is -3.92. The zero-order chi connectivity index (χ0) is 24.1. The number of ether oxygens (including phenoxy) is 2. The fourth-order valence-corrected chi connectivity index (χ4v) is 5.11. The number of pyridine rings is 1. The van der Waals surface area contributed by atoms with Crippen LogP contribution in [-0.4, -0.2) is 48.9 Å². The van der Waals surface area contributed by atoms with E-state index in [0.717, 1.165) is 5.39 Å². The van der Waals surface area contributed by atoms with Gasteiger partial charge in [0.1, 0.15) is 17.7 Å². The number of hydrogen-bond donors (Lipinski definition) is 2. The Bertz CT molecular complexity index is 1420. The highest BCUT2D eigenvalue weighted by Gasteiger charge is 2.33. The number of benzene rings is 2. The van der Waals surface area contributed by atoms with Crippen molar-refractivity contribution in [3.8, 4) is 5.75 Å². The average Bonchev–Trinajstić information content (AvgIpc) is 3.42. The average molecular weight is 478 g/mol. The van der Waals surface area contributed by atoms with E-state index in [4.69, 9.17) is 9.47 Å². The fraction of sp³-hybridized carbons (Fsp3) is 0.320. The maximum atomic E-state index is 14.6. The zero-order valence-corrected chi connectivity index (χ0v) is 18.8. The van der Waals surface area contributed by atoms with Crippen LogP contribution < -0.4 is 25.8 Å². The van der Waals surface area contributed by atoms with Gasteiger partial charge in [0.15, 0.2) is 6.61 Å². The Morgan fingerprint density at radius 1 is 1.09 bits per heavy atom. The van der Waals surface area contributed by atoms with Crippen molar-refractivity contribution in [1.29, 1.82) is 0 Å². The number of halogens is 1. The molecular formula is C25H23FN4O5. The molecule has 2 N–H and O–H groups in total. The van der Waals surface area contributed by atoms with Gasteiger partial charge in [-0.3, -0.25) is 14.5 Å². The standard InChI is InChI=1S/C25H23FN4O5/c26-18-4-1-14-2-6-22(32)30-11-15(23(18)24(14)30)10-27-8-7-17-12-29(25(33)35-17)16-3-5-20-19(9-16)28-21(31)13-34-20/h1-6,9,15,17,27H,7-8,10-13H2,(H,28,31)/t15-,17-/m1/s1. The number of fused-ring (bicyclic) bond motifs is 1. The highest BCUT2D eigenvalue weighted by Crippen LogP contribution is 2.35. The quantitative estimate of drug-likeness (QED) is 0.528. The first-order valence-corrected chi connectivity index (χ1v) is 11.6. The summed E-state index contributed by atoms with van der Waals surface area (Å²) < 4.78 is 27.2. The van der Waals surface area contributed by atoms with E-state index < -0.39 is 6.09 Å². The topological polar surface area (TPSA) is 102 Å². The summed E-state index contributed by atoms with van der Waals surface area (Å²) in [5.41, 5.74) is 2.27. The molecule has 4 heterocycles. The van der Waals surface area contributed by atoms with E-state index >= 15 is 0 Å². The third kappa shape index (κ3) is 3.79. The molecule has 1 fully saturated rings. The second kappa shape index (κ2) is 8.38. The molecule has 1 saturated heterocycles. The fourth-order valence-electron chi connectivity index (χ4n) is 5.11. The SMILES string of the molecule is O=C1COc2ccc(N3C[C@@H](CCNC[C@@H]4Cn5c(=O)ccc6ccc(F)c4c65)OC3=O)cc2N1. The molecule has 0 radical (unpaired) electrons. The van der Waals surface area contributed by atoms with E-state index in [-0.39, 0.29) is 35.9 Å². The normalized spacial score (nSPS) is 20.5. The third-order valence-electron chi connectivity index (χ3n) is 6.76. The van der Waals surface area contributed by atoms with Crippen molar-refractivity contribution in [2.75, 3.05) is 36.5 Å². The highest BCUT2D eigenvalue weighted by atomic mass is 19.1. The van der Waals surface area contributed by atoms with Crippen LogP contribution >= 0.6 is 0 Å². The summed E-state index contributed by atoms with van der Waals surface area (Å²) in [4.78, 5) is 37.8. The van der Waals surface area contributed by atoms with Gasteiger partial charge in [-0.25, -0.2) is 9.18 Å². The first kappa shape index (κ1) is 21.6. The van der Waals surface area contributed by atoms with E-state index in [1.54, 1.807) is 34.9 Å². The van der Waals surface area contributed by atoms with Crippen LogP contribution in [0.5, 0.6) is 5.75 Å². The van der Waals surface area contributed by atoms with Crippen molar-refractivity contribution in [2.45, 2.75) is 25.0 Å². The Balaban J connectivity index is 1.06. The molecule has 0 spiro atoms. The Morgan fingerprint density at radius 3 is 2.83 bits per heavy atom. The number of nitrogens with zero attached hydrogens (tertiary/aromatic N) is 2. The number of amides is 2. The predicted molar refractivity (Wildman–Crippen MR) is 127 cm³/mol. The molecule has 1 aromatic heterocycles. The van der Waals surface area contributed by atoms with Gasteiger partial charge in [0.05, 0.1) is 17.7 Å². The van der Waals surface area contributed by atoms with Gasteiger partial charge in [-0.1, -0.05) is 0 Å². The van der Waals surface area contributed by atoms with Crippen LogP contribution in [0.2, 0.25) is 0 Å². The van der Waals surface area contributed by atoms with Gasteiger partial charge in [0.25, 0.3) is 11.5 Å². The molecule has 2 aromatic carbocycles. The number of hydrogen-bond acceptors (Lipinski definition) is 6. The van der Waals surface area contributed by atoms with Crippen LogP contribution in [0.4, 0.5) is 20.6 Å². The summed E-state index contributed by atoms with van der Waals surface area (Å²) in [6, 6.07) is 11.6. The minimum Gasteiger partial charge on any atom is -0.482 e. The summed E-state index contributed by atoms with van der Waals surface area (Å²) in [6.45, 7) is 1.86. The van der Waals surface area contributed by atoms with Crippen molar-refractivity contribution in [3.05, 3.63) is 64.2 Å². The summed E-state index contributed by atoms with van der Waals surface area (Å²) >= 11 is 0. The Morgan fingerprint density at radius 2 is 1.94 bits per heavy atom. The van der Waals surface area contributed by atoms with Crippen molar-refractivity contribution in [3.63, 3.8) is 0 Å². The van der Waals surface area contributed by atoms with Crippen LogP contribution in [-0.2, 0) is 16.1 Å². The molecule has 0 saturated carbocycles. The zero-order valence-electron chi connectivity index (χ0n) is 18.8. The highest BCUT2D eigenvalue weighted by molar-refractivity contribution is 5.97. The first-order valence-electron chi connectivity index (χ1n) is 11.6. The second-order valence-electron chi connectivity index (χ2n) is 9.00. The summed E-state index contributed by atoms with van der Waals surface area (Å²) in [5.74, 6) is -0.128. The maximum absolute atomic E-state index is 14.6. The third-order valence-corrected chi connectivity index (χ3v) is 6.76. The molecule has 180 valence electrons. The van der Waals surface area contributed by atoms with E-state index in [0.29, 0.717) is 60.8 Å². The summed E-state index contributed by atoms with van der Waals surface area (Å²) in [6.07, 6.45) is -0.169. The minimum absolute atomic E-state index is 0.0291. The van der Waals surface area contributed by atoms with Crippen molar-refractivity contribution >= 4 is 34.3 Å². The lowest BCUT2D eigenvalue weighted by atomic mass is 9.99. The molecule has 0 unspecified atom stereocenters. The number of rotatable bonds is 6. The van der Waals surface area contributed by atoms with Crippen LogP contribution in [0.25, 0.3) is 10.9 Å². The molecule has 0 bridgehead atoms. The van der Waals surface area contributed by atoms with Gasteiger partial charge < -0.3 is 24.7 Å². The van der Waals surface area contributed by atoms with E-state index in [9.17, 15) is 18.8 Å². The van der Waals surface area contributed by atoms with Gasteiger partial charge in [-0.2, -0.15) is 0 Å². The van der Waals surface area contributed by atoms with Gasteiger partial charge in [-0.15, -0.1) is 0 Å². The van der Waals surface area contributed by atoms with Crippen molar-refractivity contribution < 1.29 is 23.5 Å². The molecule has 0 aliphatic carbocycles. The monoisotopic (exact) mass is 478 g/mol. The number of nitrogens with one attached hydrogen (secondary N) is 2. The minimum atomic E-state index is -0.447. The maximum Gasteiger partial charge on any atom is 0.414 e. The molecule has 10 heteroatoms. The van der Waals surface area contributed by atoms with Gasteiger partial charge >= 0.3 is 6.09 Å². The Labute approximate surface area is 199 Å².